The summed E-state index contributed by atoms with van der Waals surface area (Å²) in [4.78, 5) is 25.4. The zero-order valence-electron chi connectivity index (χ0n) is 13.7. The minimum Gasteiger partial charge on any atom is -0.346 e. The van der Waals surface area contributed by atoms with Crippen LogP contribution < -0.4 is 5.32 Å². The maximum Gasteiger partial charge on any atom is 0.251 e. The second-order valence-corrected chi connectivity index (χ2v) is 6.12. The first-order valence-corrected chi connectivity index (χ1v) is 8.11. The van der Waals surface area contributed by atoms with Gasteiger partial charge >= 0.3 is 0 Å². The van der Waals surface area contributed by atoms with Crippen molar-refractivity contribution in [3.63, 3.8) is 0 Å². The molecule has 25 heavy (non-hydrogen) atoms. The average Bonchev–Trinajstić information content (AvgIpc) is 2.57. The summed E-state index contributed by atoms with van der Waals surface area (Å²) in [6, 6.07) is 13.7. The van der Waals surface area contributed by atoms with Crippen LogP contribution in [0.3, 0.4) is 0 Å². The zero-order chi connectivity index (χ0) is 17.8. The quantitative estimate of drug-likeness (QED) is 0.852. The summed E-state index contributed by atoms with van der Waals surface area (Å²) in [5, 5.41) is 2.91. The Labute approximate surface area is 146 Å². The monoisotopic (exact) mass is 338 g/mol. The molecular weight excluding hydrogens is 319 g/mol. The van der Waals surface area contributed by atoms with Gasteiger partial charge in [-0.2, -0.15) is 0 Å². The van der Waals surface area contributed by atoms with Crippen molar-refractivity contribution in [1.29, 1.82) is 0 Å². The highest BCUT2D eigenvalue weighted by Gasteiger charge is 2.30. The molecule has 0 bridgehead atoms. The summed E-state index contributed by atoms with van der Waals surface area (Å²) in [5.41, 5.74) is 2.35. The molecule has 0 aliphatic carbocycles. The maximum absolute atomic E-state index is 13.3. The van der Waals surface area contributed by atoms with Crippen LogP contribution in [0.1, 0.15) is 21.5 Å². The average molecular weight is 338 g/mol. The Balaban J connectivity index is 1.60. The van der Waals surface area contributed by atoms with E-state index in [-0.39, 0.29) is 23.7 Å². The molecule has 0 spiro atoms. The van der Waals surface area contributed by atoms with E-state index < -0.39 is 0 Å². The van der Waals surface area contributed by atoms with Gasteiger partial charge in [0.15, 0.2) is 0 Å². The van der Waals surface area contributed by atoms with E-state index in [0.717, 1.165) is 11.1 Å². The molecule has 1 aliphatic rings. The first-order valence-electron chi connectivity index (χ1n) is 8.11. The van der Waals surface area contributed by atoms with Gasteiger partial charge in [0.2, 0.25) is 5.91 Å². The highest BCUT2D eigenvalue weighted by atomic mass is 19.1. The Hall–Kier alpha value is -2.95. The van der Waals surface area contributed by atoms with E-state index in [0.29, 0.717) is 25.1 Å². The summed E-state index contributed by atoms with van der Waals surface area (Å²) in [7, 11) is 0. The lowest BCUT2D eigenvalue weighted by Gasteiger charge is -2.38. The minimum absolute atomic E-state index is 0.0386. The van der Waals surface area contributed by atoms with Crippen LogP contribution in [0.15, 0.2) is 61.2 Å². The fraction of sp³-hybridized carbons (Fsp3) is 0.200. The van der Waals surface area contributed by atoms with Gasteiger partial charge in [0, 0.05) is 18.7 Å². The first-order chi connectivity index (χ1) is 12.0. The Morgan fingerprint density at radius 3 is 2.52 bits per heavy atom. The van der Waals surface area contributed by atoms with Gasteiger partial charge in [-0.1, -0.05) is 30.8 Å². The Kier molecular flexibility index (Phi) is 4.93. The van der Waals surface area contributed by atoms with Crippen molar-refractivity contribution in [3.05, 3.63) is 83.7 Å². The van der Waals surface area contributed by atoms with Crippen molar-refractivity contribution < 1.29 is 14.0 Å². The van der Waals surface area contributed by atoms with Gasteiger partial charge in [-0.15, -0.1) is 0 Å². The number of halogens is 1. The van der Waals surface area contributed by atoms with Gasteiger partial charge in [-0.25, -0.2) is 4.39 Å². The zero-order valence-corrected chi connectivity index (χ0v) is 13.7. The predicted octanol–water partition coefficient (Wildman–Crippen LogP) is 2.54. The van der Waals surface area contributed by atoms with Crippen LogP contribution in [0.4, 0.5) is 4.39 Å². The molecule has 2 aromatic carbocycles. The highest BCUT2D eigenvalue weighted by Crippen LogP contribution is 2.14. The number of hydrogen-bond acceptors (Lipinski definition) is 2. The van der Waals surface area contributed by atoms with E-state index in [9.17, 15) is 14.0 Å². The fourth-order valence-corrected chi connectivity index (χ4v) is 2.85. The molecule has 2 aromatic rings. The smallest absolute Gasteiger partial charge is 0.251 e. The molecule has 128 valence electrons. The molecule has 2 amide bonds. The second kappa shape index (κ2) is 7.30. The van der Waals surface area contributed by atoms with Crippen molar-refractivity contribution >= 4 is 11.8 Å². The molecule has 1 heterocycles. The van der Waals surface area contributed by atoms with Gasteiger partial charge in [0.25, 0.3) is 5.91 Å². The Morgan fingerprint density at radius 2 is 1.84 bits per heavy atom. The van der Waals surface area contributed by atoms with E-state index in [1.54, 1.807) is 17.0 Å². The van der Waals surface area contributed by atoms with Gasteiger partial charge in [-0.3, -0.25) is 9.59 Å². The lowest BCUT2D eigenvalue weighted by Crippen LogP contribution is -2.60. The molecular formula is C20H19FN2O2. The number of carbonyl (C=O) groups excluding carboxylic acids is 2. The number of amides is 2. The van der Waals surface area contributed by atoms with Crippen LogP contribution in [0.2, 0.25) is 0 Å². The molecule has 1 saturated heterocycles. The molecule has 5 heteroatoms. The van der Waals surface area contributed by atoms with Crippen LogP contribution in [-0.4, -0.2) is 35.8 Å². The highest BCUT2D eigenvalue weighted by molar-refractivity contribution is 5.95. The Bertz CT molecular complexity index is 813. The summed E-state index contributed by atoms with van der Waals surface area (Å²) in [6.45, 7) is 4.44. The van der Waals surface area contributed by atoms with Crippen LogP contribution in [0.5, 0.6) is 0 Å². The summed E-state index contributed by atoms with van der Waals surface area (Å²) >= 11 is 0. The second-order valence-electron chi connectivity index (χ2n) is 6.12. The molecule has 0 atom stereocenters. The number of nitrogens with one attached hydrogen (secondary N) is 1. The summed E-state index contributed by atoms with van der Waals surface area (Å²) in [5.74, 6) is -0.561. The molecule has 0 aromatic heterocycles. The number of rotatable bonds is 5. The molecule has 3 rings (SSSR count). The molecule has 1 N–H and O–H groups in total. The standard InChI is InChI=1S/C20H19FN2O2/c1-2-19(24)23-12-18(13-23)22-20(25)16-7-3-5-14(10-16)9-15-6-4-8-17(21)11-15/h2-8,10-11,18H,1,9,12-13H2,(H,22,25). The van der Waals surface area contributed by atoms with Crippen LogP contribution in [0, 0.1) is 5.82 Å². The normalized spacial score (nSPS) is 13.9. The third-order valence-electron chi connectivity index (χ3n) is 4.19. The lowest BCUT2D eigenvalue weighted by atomic mass is 10.0. The van der Waals surface area contributed by atoms with Crippen LogP contribution >= 0.6 is 0 Å². The van der Waals surface area contributed by atoms with Crippen molar-refractivity contribution in [2.45, 2.75) is 12.5 Å². The topological polar surface area (TPSA) is 49.4 Å². The molecule has 0 saturated carbocycles. The van der Waals surface area contributed by atoms with Crippen molar-refractivity contribution in [2.75, 3.05) is 13.1 Å². The SMILES string of the molecule is C=CC(=O)N1CC(NC(=O)c2cccc(Cc3cccc(F)c3)c2)C1. The lowest BCUT2D eigenvalue weighted by molar-refractivity contribution is -0.130. The third kappa shape index (κ3) is 4.12. The van der Waals surface area contributed by atoms with E-state index in [2.05, 4.69) is 11.9 Å². The van der Waals surface area contributed by atoms with Gasteiger partial charge in [-0.05, 0) is 47.9 Å². The summed E-state index contributed by atoms with van der Waals surface area (Å²) in [6.07, 6.45) is 1.83. The third-order valence-corrected chi connectivity index (χ3v) is 4.19. The first kappa shape index (κ1) is 16.9. The van der Waals surface area contributed by atoms with Gasteiger partial charge in [0.05, 0.1) is 6.04 Å². The van der Waals surface area contributed by atoms with Gasteiger partial charge in [0.1, 0.15) is 5.82 Å². The number of likely N-dealkylation sites (tertiary alicyclic amines) is 1. The maximum atomic E-state index is 13.3. The van der Waals surface area contributed by atoms with E-state index >= 15 is 0 Å². The van der Waals surface area contributed by atoms with Crippen LogP contribution in [-0.2, 0) is 11.2 Å². The van der Waals surface area contributed by atoms with E-state index in [1.165, 1.54) is 18.2 Å². The van der Waals surface area contributed by atoms with Crippen molar-refractivity contribution in [1.82, 2.24) is 10.2 Å². The largest absolute Gasteiger partial charge is 0.346 e. The number of nitrogens with zero attached hydrogens (tertiary/aromatic N) is 1. The summed E-state index contributed by atoms with van der Waals surface area (Å²) < 4.78 is 13.3. The molecule has 1 fully saturated rings. The molecule has 4 nitrogen and oxygen atoms in total. The van der Waals surface area contributed by atoms with Crippen molar-refractivity contribution in [3.8, 4) is 0 Å². The number of benzene rings is 2. The van der Waals surface area contributed by atoms with E-state index in [4.69, 9.17) is 0 Å². The predicted molar refractivity (Wildman–Crippen MR) is 93.7 cm³/mol. The van der Waals surface area contributed by atoms with Crippen LogP contribution in [0.25, 0.3) is 0 Å². The Morgan fingerprint density at radius 1 is 1.16 bits per heavy atom. The molecule has 1 aliphatic heterocycles. The minimum atomic E-state index is -0.269. The fourth-order valence-electron chi connectivity index (χ4n) is 2.85. The molecule has 0 unspecified atom stereocenters. The molecule has 0 radical (unpaired) electrons. The van der Waals surface area contributed by atoms with Gasteiger partial charge < -0.3 is 10.2 Å². The van der Waals surface area contributed by atoms with E-state index in [1.807, 2.05) is 24.3 Å². The number of hydrogen-bond donors (Lipinski definition) is 1. The van der Waals surface area contributed by atoms with Crippen molar-refractivity contribution in [2.24, 2.45) is 0 Å². The number of carbonyl (C=O) groups is 2.